The van der Waals surface area contributed by atoms with E-state index in [0.717, 1.165) is 38.8 Å². The smallest absolute Gasteiger partial charge is 0.410 e. The minimum absolute atomic E-state index is 0.0781. The first-order valence-electron chi connectivity index (χ1n) is 7.60. The number of ether oxygens (including phenoxy) is 2. The summed E-state index contributed by atoms with van der Waals surface area (Å²) in [5.74, 6) is 0.506. The van der Waals surface area contributed by atoms with Crippen molar-refractivity contribution in [3.8, 4) is 0 Å². The van der Waals surface area contributed by atoms with Gasteiger partial charge in [-0.25, -0.2) is 4.79 Å². The SMILES string of the molecule is CC(C)(C)OC(=O)N1CC2(CCC(C3O[C@@H]3O)CC2)C1. The number of amides is 1. The topological polar surface area (TPSA) is 62.3 Å². The van der Waals surface area contributed by atoms with Crippen LogP contribution in [0.25, 0.3) is 0 Å². The maximum Gasteiger partial charge on any atom is 0.410 e. The molecule has 0 aromatic heterocycles. The fourth-order valence-corrected chi connectivity index (χ4v) is 3.58. The van der Waals surface area contributed by atoms with Crippen molar-refractivity contribution in [2.45, 2.75) is 64.4 Å². The van der Waals surface area contributed by atoms with Crippen molar-refractivity contribution in [3.05, 3.63) is 0 Å². The normalized spacial score (nSPS) is 32.9. The minimum atomic E-state index is -0.520. The van der Waals surface area contributed by atoms with Crippen LogP contribution in [0.5, 0.6) is 0 Å². The Kier molecular flexibility index (Phi) is 3.25. The Morgan fingerprint density at radius 1 is 1.30 bits per heavy atom. The summed E-state index contributed by atoms with van der Waals surface area (Å²) in [5.41, 5.74) is -0.121. The highest BCUT2D eigenvalue weighted by atomic mass is 16.7. The number of nitrogens with zero attached hydrogens (tertiary/aromatic N) is 1. The van der Waals surface area contributed by atoms with Crippen molar-refractivity contribution in [3.63, 3.8) is 0 Å². The predicted molar refractivity (Wildman–Crippen MR) is 73.1 cm³/mol. The average molecular weight is 283 g/mol. The summed E-state index contributed by atoms with van der Waals surface area (Å²) >= 11 is 0. The molecule has 3 aliphatic rings. The van der Waals surface area contributed by atoms with E-state index < -0.39 is 11.9 Å². The molecule has 0 aromatic carbocycles. The van der Waals surface area contributed by atoms with Crippen molar-refractivity contribution in [1.29, 1.82) is 0 Å². The molecule has 3 fully saturated rings. The van der Waals surface area contributed by atoms with Gasteiger partial charge >= 0.3 is 6.09 Å². The summed E-state index contributed by atoms with van der Waals surface area (Å²) in [4.78, 5) is 13.8. The van der Waals surface area contributed by atoms with E-state index >= 15 is 0 Å². The first-order chi connectivity index (χ1) is 9.28. The summed E-state index contributed by atoms with van der Waals surface area (Å²) in [6.07, 6.45) is 3.83. The number of rotatable bonds is 1. The maximum atomic E-state index is 11.9. The van der Waals surface area contributed by atoms with Crippen LogP contribution in [0.4, 0.5) is 4.79 Å². The molecule has 2 heterocycles. The lowest BCUT2D eigenvalue weighted by atomic mass is 9.65. The van der Waals surface area contributed by atoms with Crippen molar-refractivity contribution in [1.82, 2.24) is 4.90 Å². The lowest BCUT2D eigenvalue weighted by Crippen LogP contribution is -2.60. The highest BCUT2D eigenvalue weighted by Crippen LogP contribution is 2.49. The van der Waals surface area contributed by atoms with Crippen molar-refractivity contribution < 1.29 is 19.4 Å². The number of aliphatic hydroxyl groups is 1. The molecule has 5 heteroatoms. The van der Waals surface area contributed by atoms with Crippen molar-refractivity contribution in [2.24, 2.45) is 11.3 Å². The maximum absolute atomic E-state index is 11.9. The van der Waals surface area contributed by atoms with E-state index in [4.69, 9.17) is 9.47 Å². The van der Waals surface area contributed by atoms with Crippen LogP contribution in [0.15, 0.2) is 0 Å². The second-order valence-corrected chi connectivity index (χ2v) is 7.67. The summed E-state index contributed by atoms with van der Waals surface area (Å²) < 4.78 is 10.6. The Labute approximate surface area is 120 Å². The van der Waals surface area contributed by atoms with Crippen LogP contribution in [-0.2, 0) is 9.47 Å². The fraction of sp³-hybridized carbons (Fsp3) is 0.933. The summed E-state index contributed by atoms with van der Waals surface area (Å²) in [6, 6.07) is 0. The molecule has 1 spiro atoms. The molecule has 5 nitrogen and oxygen atoms in total. The molecule has 114 valence electrons. The zero-order valence-electron chi connectivity index (χ0n) is 12.6. The summed E-state index contributed by atoms with van der Waals surface area (Å²) in [6.45, 7) is 7.33. The van der Waals surface area contributed by atoms with Crippen LogP contribution in [0.3, 0.4) is 0 Å². The molecule has 0 bridgehead atoms. The zero-order valence-corrected chi connectivity index (χ0v) is 12.6. The van der Waals surface area contributed by atoms with Gasteiger partial charge < -0.3 is 19.5 Å². The van der Waals surface area contributed by atoms with Gasteiger partial charge in [-0.3, -0.25) is 0 Å². The van der Waals surface area contributed by atoms with E-state index in [1.165, 1.54) is 0 Å². The Morgan fingerprint density at radius 3 is 2.30 bits per heavy atom. The second-order valence-electron chi connectivity index (χ2n) is 7.67. The molecule has 3 rings (SSSR count). The summed E-state index contributed by atoms with van der Waals surface area (Å²) in [5, 5.41) is 9.31. The van der Waals surface area contributed by atoms with Crippen LogP contribution in [0, 0.1) is 11.3 Å². The lowest BCUT2D eigenvalue weighted by molar-refractivity contribution is -0.0556. The van der Waals surface area contributed by atoms with Gasteiger partial charge in [-0.1, -0.05) is 0 Å². The standard InChI is InChI=1S/C15H25NO4/c1-14(2,3)20-13(18)16-8-15(9-16)6-4-10(5-7-15)11-12(17)19-11/h10-12,17H,4-9H2,1-3H3/t11?,12-/m0/s1. The molecule has 1 saturated carbocycles. The van der Waals surface area contributed by atoms with Crippen LogP contribution in [0.1, 0.15) is 46.5 Å². The Bertz CT molecular complexity index is 387. The van der Waals surface area contributed by atoms with Crippen LogP contribution in [-0.4, -0.2) is 47.2 Å². The molecule has 1 amide bonds. The van der Waals surface area contributed by atoms with Gasteiger partial charge in [-0.05, 0) is 52.4 Å². The van der Waals surface area contributed by atoms with Crippen LogP contribution < -0.4 is 0 Å². The zero-order chi connectivity index (χ0) is 14.5. The Hall–Kier alpha value is -0.810. The third-order valence-corrected chi connectivity index (χ3v) is 4.76. The van der Waals surface area contributed by atoms with Gasteiger partial charge in [0.15, 0.2) is 6.29 Å². The molecule has 1 aliphatic carbocycles. The number of carbonyl (C=O) groups excluding carboxylic acids is 1. The van der Waals surface area contributed by atoms with Gasteiger partial charge in [0.1, 0.15) is 11.7 Å². The van der Waals surface area contributed by atoms with Gasteiger partial charge in [-0.2, -0.15) is 0 Å². The molecule has 2 aliphatic heterocycles. The highest BCUT2D eigenvalue weighted by molar-refractivity contribution is 5.69. The van der Waals surface area contributed by atoms with Gasteiger partial charge in [0.05, 0.1) is 0 Å². The number of aliphatic hydroxyl groups excluding tert-OH is 1. The first-order valence-corrected chi connectivity index (χ1v) is 7.60. The number of likely N-dealkylation sites (tertiary alicyclic amines) is 1. The van der Waals surface area contributed by atoms with Crippen LogP contribution >= 0.6 is 0 Å². The second kappa shape index (κ2) is 4.60. The minimum Gasteiger partial charge on any atom is -0.444 e. The third kappa shape index (κ3) is 2.79. The highest BCUT2D eigenvalue weighted by Gasteiger charge is 2.52. The number of epoxide rings is 1. The van der Waals surface area contributed by atoms with Gasteiger partial charge in [0.25, 0.3) is 0 Å². The lowest BCUT2D eigenvalue weighted by Gasteiger charge is -2.53. The van der Waals surface area contributed by atoms with Crippen LogP contribution in [0.2, 0.25) is 0 Å². The van der Waals surface area contributed by atoms with E-state index in [2.05, 4.69) is 0 Å². The molecule has 2 saturated heterocycles. The molecular weight excluding hydrogens is 258 g/mol. The summed E-state index contributed by atoms with van der Waals surface area (Å²) in [7, 11) is 0. The van der Waals surface area contributed by atoms with E-state index in [1.807, 2.05) is 25.7 Å². The fourth-order valence-electron chi connectivity index (χ4n) is 3.58. The van der Waals surface area contributed by atoms with Gasteiger partial charge in [-0.15, -0.1) is 0 Å². The van der Waals surface area contributed by atoms with E-state index in [-0.39, 0.29) is 12.2 Å². The number of hydrogen-bond donors (Lipinski definition) is 1. The molecule has 20 heavy (non-hydrogen) atoms. The van der Waals surface area contributed by atoms with Crippen molar-refractivity contribution in [2.75, 3.05) is 13.1 Å². The van der Waals surface area contributed by atoms with E-state index in [0.29, 0.717) is 11.3 Å². The first kappa shape index (κ1) is 14.1. The molecule has 1 unspecified atom stereocenters. The quantitative estimate of drug-likeness (QED) is 0.749. The molecule has 0 radical (unpaired) electrons. The molecule has 2 atom stereocenters. The Balaban J connectivity index is 1.45. The largest absolute Gasteiger partial charge is 0.444 e. The molecule has 0 aromatic rings. The van der Waals surface area contributed by atoms with Gasteiger partial charge in [0, 0.05) is 18.5 Å². The number of carbonyl (C=O) groups is 1. The predicted octanol–water partition coefficient (Wildman–Crippen LogP) is 2.13. The third-order valence-electron chi connectivity index (χ3n) is 4.76. The van der Waals surface area contributed by atoms with E-state index in [1.54, 1.807) is 0 Å². The monoisotopic (exact) mass is 283 g/mol. The average Bonchev–Trinajstić information content (AvgIpc) is 3.01. The van der Waals surface area contributed by atoms with E-state index in [9.17, 15) is 9.90 Å². The van der Waals surface area contributed by atoms with Gasteiger partial charge in [0.2, 0.25) is 0 Å². The molecular formula is C15H25NO4. The Morgan fingerprint density at radius 2 is 1.85 bits per heavy atom. The van der Waals surface area contributed by atoms with Crippen molar-refractivity contribution >= 4 is 6.09 Å². The molecule has 1 N–H and O–H groups in total. The number of hydrogen-bond acceptors (Lipinski definition) is 4.